The van der Waals surface area contributed by atoms with Crippen LogP contribution in [0.3, 0.4) is 0 Å². The van der Waals surface area contributed by atoms with Gasteiger partial charge in [0, 0.05) is 15.7 Å². The molecular weight excluding hydrogens is 344 g/mol. The zero-order valence-electron chi connectivity index (χ0n) is 11.1. The Labute approximate surface area is 129 Å². The lowest BCUT2D eigenvalue weighted by Crippen LogP contribution is -2.12. The van der Waals surface area contributed by atoms with Crippen molar-refractivity contribution < 1.29 is 18.3 Å². The molecule has 0 bridgehead atoms. The van der Waals surface area contributed by atoms with E-state index in [1.54, 1.807) is 6.07 Å². The standard InChI is InChI=1S/C15H12BrF2NO2/c1-9-2-5-11(16)8-13(9)19-14(20)10-3-6-12(7-4-10)21-15(17)18/h2-8,15H,1H3,(H,19,20). The van der Waals surface area contributed by atoms with Crippen molar-refractivity contribution in [2.45, 2.75) is 13.5 Å². The number of alkyl halides is 2. The van der Waals surface area contributed by atoms with Crippen molar-refractivity contribution >= 4 is 27.5 Å². The molecule has 0 radical (unpaired) electrons. The molecule has 2 aromatic rings. The Morgan fingerprint density at radius 1 is 1.19 bits per heavy atom. The molecule has 3 nitrogen and oxygen atoms in total. The Kier molecular flexibility index (Phi) is 4.90. The van der Waals surface area contributed by atoms with Crippen molar-refractivity contribution in [3.63, 3.8) is 0 Å². The summed E-state index contributed by atoms with van der Waals surface area (Å²) in [4.78, 5) is 12.1. The van der Waals surface area contributed by atoms with Crippen molar-refractivity contribution in [2.75, 3.05) is 5.32 Å². The third-order valence-corrected chi connectivity index (χ3v) is 3.28. The SMILES string of the molecule is Cc1ccc(Br)cc1NC(=O)c1ccc(OC(F)F)cc1. The normalized spacial score (nSPS) is 10.5. The summed E-state index contributed by atoms with van der Waals surface area (Å²) in [6.45, 7) is -1.00. The van der Waals surface area contributed by atoms with Gasteiger partial charge in [-0.2, -0.15) is 8.78 Å². The number of rotatable bonds is 4. The maximum absolute atomic E-state index is 12.1. The fourth-order valence-corrected chi connectivity index (χ4v) is 2.07. The van der Waals surface area contributed by atoms with E-state index in [1.807, 2.05) is 19.1 Å². The van der Waals surface area contributed by atoms with Crippen LogP contribution in [-0.2, 0) is 0 Å². The molecule has 1 N–H and O–H groups in total. The number of nitrogens with one attached hydrogen (secondary N) is 1. The number of carbonyl (C=O) groups is 1. The number of halogens is 3. The minimum Gasteiger partial charge on any atom is -0.435 e. The first-order valence-electron chi connectivity index (χ1n) is 6.08. The van der Waals surface area contributed by atoms with E-state index in [0.29, 0.717) is 11.3 Å². The van der Waals surface area contributed by atoms with Gasteiger partial charge in [0.15, 0.2) is 0 Å². The molecule has 2 rings (SSSR count). The molecule has 0 aliphatic rings. The van der Waals surface area contributed by atoms with E-state index < -0.39 is 6.61 Å². The summed E-state index contributed by atoms with van der Waals surface area (Å²) in [6.07, 6.45) is 0. The van der Waals surface area contributed by atoms with Crippen LogP contribution in [0.15, 0.2) is 46.9 Å². The van der Waals surface area contributed by atoms with Crippen LogP contribution in [0.1, 0.15) is 15.9 Å². The van der Waals surface area contributed by atoms with Crippen molar-refractivity contribution in [1.29, 1.82) is 0 Å². The molecule has 0 fully saturated rings. The highest BCUT2D eigenvalue weighted by molar-refractivity contribution is 9.10. The van der Waals surface area contributed by atoms with Gasteiger partial charge in [-0.15, -0.1) is 0 Å². The van der Waals surface area contributed by atoms with Crippen molar-refractivity contribution in [3.8, 4) is 5.75 Å². The van der Waals surface area contributed by atoms with Crippen LogP contribution in [0, 0.1) is 6.92 Å². The van der Waals surface area contributed by atoms with E-state index in [2.05, 4.69) is 26.0 Å². The van der Waals surface area contributed by atoms with E-state index in [0.717, 1.165) is 10.0 Å². The Morgan fingerprint density at radius 3 is 2.48 bits per heavy atom. The highest BCUT2D eigenvalue weighted by Gasteiger charge is 2.09. The van der Waals surface area contributed by atoms with Crippen molar-refractivity contribution in [3.05, 3.63) is 58.1 Å². The second kappa shape index (κ2) is 6.67. The average Bonchev–Trinajstić information content (AvgIpc) is 2.43. The van der Waals surface area contributed by atoms with Crippen LogP contribution in [0.5, 0.6) is 5.75 Å². The Morgan fingerprint density at radius 2 is 1.86 bits per heavy atom. The lowest BCUT2D eigenvalue weighted by molar-refractivity contribution is -0.0498. The quantitative estimate of drug-likeness (QED) is 0.869. The predicted molar refractivity (Wildman–Crippen MR) is 79.9 cm³/mol. The number of carbonyl (C=O) groups excluding carboxylic acids is 1. The van der Waals surface area contributed by atoms with Crippen molar-refractivity contribution in [1.82, 2.24) is 0 Å². The molecule has 0 saturated carbocycles. The third-order valence-electron chi connectivity index (χ3n) is 2.79. The van der Waals surface area contributed by atoms with E-state index in [9.17, 15) is 13.6 Å². The van der Waals surface area contributed by atoms with Crippen LogP contribution in [0.4, 0.5) is 14.5 Å². The molecule has 110 valence electrons. The monoisotopic (exact) mass is 355 g/mol. The lowest BCUT2D eigenvalue weighted by Gasteiger charge is -2.09. The van der Waals surface area contributed by atoms with Gasteiger partial charge >= 0.3 is 6.61 Å². The summed E-state index contributed by atoms with van der Waals surface area (Å²) in [5.41, 5.74) is 1.96. The molecule has 2 aromatic carbocycles. The van der Waals surface area contributed by atoms with E-state index in [-0.39, 0.29) is 11.7 Å². The van der Waals surface area contributed by atoms with Crippen LogP contribution < -0.4 is 10.1 Å². The molecule has 0 heterocycles. The molecule has 0 aliphatic carbocycles. The molecule has 0 aliphatic heterocycles. The van der Waals surface area contributed by atoms with Gasteiger partial charge < -0.3 is 10.1 Å². The molecule has 0 saturated heterocycles. The number of aryl methyl sites for hydroxylation is 1. The first-order chi connectivity index (χ1) is 9.95. The molecule has 1 amide bonds. The molecule has 21 heavy (non-hydrogen) atoms. The molecule has 0 unspecified atom stereocenters. The fourth-order valence-electron chi connectivity index (χ4n) is 1.71. The number of hydrogen-bond acceptors (Lipinski definition) is 2. The highest BCUT2D eigenvalue weighted by atomic mass is 79.9. The zero-order valence-corrected chi connectivity index (χ0v) is 12.7. The summed E-state index contributed by atoms with van der Waals surface area (Å²) in [5.74, 6) is -0.306. The summed E-state index contributed by atoms with van der Waals surface area (Å²) < 4.78 is 29.2. The molecule has 6 heteroatoms. The van der Waals surface area contributed by atoms with E-state index in [1.165, 1.54) is 24.3 Å². The molecule has 0 spiro atoms. The van der Waals surface area contributed by atoms with Gasteiger partial charge in [0.1, 0.15) is 5.75 Å². The van der Waals surface area contributed by atoms with E-state index >= 15 is 0 Å². The zero-order chi connectivity index (χ0) is 15.4. The smallest absolute Gasteiger partial charge is 0.387 e. The largest absolute Gasteiger partial charge is 0.435 e. The minimum absolute atomic E-state index is 0.0141. The van der Waals surface area contributed by atoms with Gasteiger partial charge in [0.25, 0.3) is 5.91 Å². The first-order valence-corrected chi connectivity index (χ1v) is 6.87. The number of ether oxygens (including phenoxy) is 1. The van der Waals surface area contributed by atoms with Crippen LogP contribution >= 0.6 is 15.9 Å². The van der Waals surface area contributed by atoms with Gasteiger partial charge in [-0.25, -0.2) is 0 Å². The predicted octanol–water partition coefficient (Wildman–Crippen LogP) is 4.61. The molecule has 0 atom stereocenters. The molecular formula is C15H12BrF2NO2. The summed E-state index contributed by atoms with van der Waals surface area (Å²) in [5, 5.41) is 2.77. The Bertz CT molecular complexity index is 645. The molecule has 0 aromatic heterocycles. The van der Waals surface area contributed by atoms with Gasteiger partial charge in [0.2, 0.25) is 0 Å². The Hall–Kier alpha value is -1.95. The summed E-state index contributed by atoms with van der Waals surface area (Å²) in [6, 6.07) is 11.1. The maximum Gasteiger partial charge on any atom is 0.387 e. The topological polar surface area (TPSA) is 38.3 Å². The average molecular weight is 356 g/mol. The van der Waals surface area contributed by atoms with Crippen LogP contribution in [0.25, 0.3) is 0 Å². The van der Waals surface area contributed by atoms with Crippen LogP contribution in [0.2, 0.25) is 0 Å². The van der Waals surface area contributed by atoms with Gasteiger partial charge in [-0.1, -0.05) is 22.0 Å². The van der Waals surface area contributed by atoms with Gasteiger partial charge in [-0.05, 0) is 48.9 Å². The number of benzene rings is 2. The number of hydrogen-bond donors (Lipinski definition) is 1. The Balaban J connectivity index is 2.11. The minimum atomic E-state index is -2.88. The third kappa shape index (κ3) is 4.26. The number of amides is 1. The van der Waals surface area contributed by atoms with E-state index in [4.69, 9.17) is 0 Å². The summed E-state index contributed by atoms with van der Waals surface area (Å²) >= 11 is 3.34. The second-order valence-corrected chi connectivity index (χ2v) is 5.23. The van der Waals surface area contributed by atoms with Crippen LogP contribution in [-0.4, -0.2) is 12.5 Å². The lowest BCUT2D eigenvalue weighted by atomic mass is 10.1. The van der Waals surface area contributed by atoms with Crippen molar-refractivity contribution in [2.24, 2.45) is 0 Å². The maximum atomic E-state index is 12.1. The second-order valence-electron chi connectivity index (χ2n) is 4.32. The number of anilines is 1. The van der Waals surface area contributed by atoms with Gasteiger partial charge in [0.05, 0.1) is 0 Å². The van der Waals surface area contributed by atoms with Gasteiger partial charge in [-0.3, -0.25) is 4.79 Å². The fraction of sp³-hybridized carbons (Fsp3) is 0.133. The first kappa shape index (κ1) is 15.4. The highest BCUT2D eigenvalue weighted by Crippen LogP contribution is 2.22. The summed E-state index contributed by atoms with van der Waals surface area (Å²) in [7, 11) is 0.